The number of carbonyl (C=O) groups is 2. The molecule has 0 bridgehead atoms. The van der Waals surface area contributed by atoms with Crippen LogP contribution in [0.3, 0.4) is 0 Å². The van der Waals surface area contributed by atoms with Crippen LogP contribution >= 0.6 is 0 Å². The maximum atomic E-state index is 12.7. The van der Waals surface area contributed by atoms with Gasteiger partial charge in [0.15, 0.2) is 0 Å². The van der Waals surface area contributed by atoms with Crippen molar-refractivity contribution in [1.29, 1.82) is 0 Å². The fourth-order valence-electron chi connectivity index (χ4n) is 4.02. The van der Waals surface area contributed by atoms with Crippen LogP contribution in [0, 0.1) is 5.92 Å². The van der Waals surface area contributed by atoms with Gasteiger partial charge >= 0.3 is 0 Å². The van der Waals surface area contributed by atoms with Gasteiger partial charge in [0.05, 0.1) is 12.5 Å². The number of piperazine rings is 1. The lowest BCUT2D eigenvalue weighted by Crippen LogP contribution is -2.52. The fourth-order valence-corrected chi connectivity index (χ4v) is 4.02. The Morgan fingerprint density at radius 1 is 1.04 bits per heavy atom. The van der Waals surface area contributed by atoms with Crippen molar-refractivity contribution >= 4 is 11.8 Å². The van der Waals surface area contributed by atoms with Crippen LogP contribution in [0.4, 0.5) is 0 Å². The monoisotopic (exact) mass is 372 g/mol. The molecule has 2 heterocycles. The van der Waals surface area contributed by atoms with E-state index in [9.17, 15) is 9.59 Å². The van der Waals surface area contributed by atoms with Gasteiger partial charge in [-0.2, -0.15) is 0 Å². The second-order valence-corrected chi connectivity index (χ2v) is 7.61. The highest BCUT2D eigenvalue weighted by molar-refractivity contribution is 5.80. The van der Waals surface area contributed by atoms with Crippen molar-refractivity contribution in [3.63, 3.8) is 0 Å². The number of piperidine rings is 1. The van der Waals surface area contributed by atoms with Crippen molar-refractivity contribution in [3.8, 4) is 0 Å². The van der Waals surface area contributed by atoms with Gasteiger partial charge in [-0.25, -0.2) is 0 Å². The van der Waals surface area contributed by atoms with Crippen molar-refractivity contribution in [2.75, 3.05) is 52.4 Å². The lowest BCUT2D eigenvalue weighted by Gasteiger charge is -2.37. The highest BCUT2D eigenvalue weighted by atomic mass is 16.2. The first-order chi connectivity index (χ1) is 13.2. The Hall–Kier alpha value is -1.92. The summed E-state index contributed by atoms with van der Waals surface area (Å²) in [5.74, 6) is 0.351. The zero-order valence-electron chi connectivity index (χ0n) is 16.4. The van der Waals surface area contributed by atoms with Crippen LogP contribution in [-0.4, -0.2) is 78.9 Å². The minimum absolute atomic E-state index is 0.0224. The van der Waals surface area contributed by atoms with Crippen LogP contribution in [0.15, 0.2) is 30.3 Å². The van der Waals surface area contributed by atoms with Crippen LogP contribution in [0.5, 0.6) is 0 Å². The van der Waals surface area contributed by atoms with E-state index >= 15 is 0 Å². The Balaban J connectivity index is 1.42. The van der Waals surface area contributed by atoms with Gasteiger partial charge in [-0.15, -0.1) is 0 Å². The molecule has 2 fully saturated rings. The zero-order chi connectivity index (χ0) is 19.1. The Bertz CT molecular complexity index is 614. The molecule has 2 amide bonds. The van der Waals surface area contributed by atoms with E-state index < -0.39 is 0 Å². The average Bonchev–Trinajstić information content (AvgIpc) is 2.70. The van der Waals surface area contributed by atoms with Crippen molar-refractivity contribution in [1.82, 2.24) is 20.0 Å². The molecule has 0 aromatic heterocycles. The first kappa shape index (κ1) is 19.8. The third-order valence-electron chi connectivity index (χ3n) is 5.56. The minimum Gasteiger partial charge on any atom is -0.356 e. The van der Waals surface area contributed by atoms with Gasteiger partial charge in [0.1, 0.15) is 0 Å². The van der Waals surface area contributed by atoms with Crippen molar-refractivity contribution in [2.45, 2.75) is 26.3 Å². The van der Waals surface area contributed by atoms with Crippen LogP contribution in [0.25, 0.3) is 0 Å². The Morgan fingerprint density at radius 3 is 2.48 bits per heavy atom. The highest BCUT2D eigenvalue weighted by Gasteiger charge is 2.28. The molecule has 0 spiro atoms. The minimum atomic E-state index is 0.0224. The van der Waals surface area contributed by atoms with E-state index in [1.807, 2.05) is 17.9 Å². The van der Waals surface area contributed by atoms with E-state index in [4.69, 9.17) is 0 Å². The molecule has 148 valence electrons. The maximum Gasteiger partial charge on any atom is 0.236 e. The molecule has 6 nitrogen and oxygen atoms in total. The second kappa shape index (κ2) is 9.85. The standard InChI is InChI=1S/C21H32N4O2/c1-2-22-21(27)19-9-6-10-24(16-19)17-20(26)25-13-11-23(12-14-25)15-18-7-4-3-5-8-18/h3-5,7-8,19H,2,6,9-17H2,1H3,(H,22,27). The van der Waals surface area contributed by atoms with E-state index in [-0.39, 0.29) is 17.7 Å². The SMILES string of the molecule is CCNC(=O)C1CCCN(CC(=O)N2CCN(Cc3ccccc3)CC2)C1. The third kappa shape index (κ3) is 5.78. The molecule has 1 aromatic carbocycles. The number of hydrogen-bond donors (Lipinski definition) is 1. The van der Waals surface area contributed by atoms with Crippen molar-refractivity contribution in [3.05, 3.63) is 35.9 Å². The molecule has 0 aliphatic carbocycles. The number of amides is 2. The lowest BCUT2D eigenvalue weighted by atomic mass is 9.97. The Morgan fingerprint density at radius 2 is 1.78 bits per heavy atom. The van der Waals surface area contributed by atoms with Gasteiger partial charge in [-0.1, -0.05) is 30.3 Å². The van der Waals surface area contributed by atoms with Crippen molar-refractivity contribution < 1.29 is 9.59 Å². The Labute approximate surface area is 162 Å². The number of benzene rings is 1. The van der Waals surface area contributed by atoms with Gasteiger partial charge < -0.3 is 10.2 Å². The van der Waals surface area contributed by atoms with Crippen LogP contribution in [0.1, 0.15) is 25.3 Å². The summed E-state index contributed by atoms with van der Waals surface area (Å²) in [5, 5.41) is 2.91. The van der Waals surface area contributed by atoms with E-state index in [0.717, 1.165) is 52.1 Å². The molecule has 3 rings (SSSR count). The average molecular weight is 373 g/mol. The molecule has 2 aliphatic heterocycles. The zero-order valence-corrected chi connectivity index (χ0v) is 16.4. The Kier molecular flexibility index (Phi) is 7.24. The molecule has 1 N–H and O–H groups in total. The molecule has 1 unspecified atom stereocenters. The molecular weight excluding hydrogens is 340 g/mol. The van der Waals surface area contributed by atoms with Gasteiger partial charge in [0.2, 0.25) is 11.8 Å². The molecule has 1 aromatic rings. The molecule has 0 radical (unpaired) electrons. The molecule has 2 saturated heterocycles. The van der Waals surface area contributed by atoms with E-state index in [1.54, 1.807) is 0 Å². The molecule has 0 saturated carbocycles. The molecular formula is C21H32N4O2. The largest absolute Gasteiger partial charge is 0.356 e. The summed E-state index contributed by atoms with van der Waals surface area (Å²) >= 11 is 0. The summed E-state index contributed by atoms with van der Waals surface area (Å²) in [7, 11) is 0. The summed E-state index contributed by atoms with van der Waals surface area (Å²) in [6.45, 7) is 9.03. The van der Waals surface area contributed by atoms with Gasteiger partial charge in [-0.05, 0) is 31.9 Å². The quantitative estimate of drug-likeness (QED) is 0.815. The summed E-state index contributed by atoms with van der Waals surface area (Å²) in [5.41, 5.74) is 1.32. The second-order valence-electron chi connectivity index (χ2n) is 7.61. The van der Waals surface area contributed by atoms with Crippen LogP contribution in [-0.2, 0) is 16.1 Å². The van der Waals surface area contributed by atoms with Crippen molar-refractivity contribution in [2.24, 2.45) is 5.92 Å². The van der Waals surface area contributed by atoms with E-state index in [1.165, 1.54) is 5.56 Å². The van der Waals surface area contributed by atoms with Gasteiger partial charge in [0.25, 0.3) is 0 Å². The summed E-state index contributed by atoms with van der Waals surface area (Å²) in [6.07, 6.45) is 1.91. The number of rotatable bonds is 6. The predicted molar refractivity (Wildman–Crippen MR) is 106 cm³/mol. The first-order valence-corrected chi connectivity index (χ1v) is 10.2. The summed E-state index contributed by atoms with van der Waals surface area (Å²) in [4.78, 5) is 31.3. The highest BCUT2D eigenvalue weighted by Crippen LogP contribution is 2.17. The lowest BCUT2D eigenvalue weighted by molar-refractivity contribution is -0.136. The topological polar surface area (TPSA) is 55.9 Å². The number of carbonyl (C=O) groups excluding carboxylic acids is 2. The smallest absolute Gasteiger partial charge is 0.236 e. The number of nitrogens with one attached hydrogen (secondary N) is 1. The molecule has 1 atom stereocenters. The summed E-state index contributed by atoms with van der Waals surface area (Å²) in [6, 6.07) is 10.5. The van der Waals surface area contributed by atoms with E-state index in [2.05, 4.69) is 39.4 Å². The molecule has 2 aliphatic rings. The number of hydrogen-bond acceptors (Lipinski definition) is 4. The van der Waals surface area contributed by atoms with E-state index in [0.29, 0.717) is 19.6 Å². The summed E-state index contributed by atoms with van der Waals surface area (Å²) < 4.78 is 0. The fraction of sp³-hybridized carbons (Fsp3) is 0.619. The predicted octanol–water partition coefficient (Wildman–Crippen LogP) is 1.18. The third-order valence-corrected chi connectivity index (χ3v) is 5.56. The van der Waals surface area contributed by atoms with Gasteiger partial charge in [0, 0.05) is 45.8 Å². The van der Waals surface area contributed by atoms with Crippen LogP contribution < -0.4 is 5.32 Å². The maximum absolute atomic E-state index is 12.7. The van der Waals surface area contributed by atoms with Gasteiger partial charge in [-0.3, -0.25) is 19.4 Å². The number of likely N-dealkylation sites (tertiary alicyclic amines) is 1. The normalized spacial score (nSPS) is 21.8. The molecule has 6 heteroatoms. The first-order valence-electron chi connectivity index (χ1n) is 10.2. The van der Waals surface area contributed by atoms with Crippen LogP contribution in [0.2, 0.25) is 0 Å². The molecule has 27 heavy (non-hydrogen) atoms. The number of nitrogens with zero attached hydrogens (tertiary/aromatic N) is 3.